The minimum atomic E-state index is 0.0544. The van der Waals surface area contributed by atoms with Gasteiger partial charge in [0.25, 0.3) is 0 Å². The molecule has 0 fully saturated rings. The highest BCUT2D eigenvalue weighted by Crippen LogP contribution is 2.15. The number of hydrogen-bond donors (Lipinski definition) is 2. The average molecular weight is 258 g/mol. The van der Waals surface area contributed by atoms with Crippen molar-refractivity contribution in [2.24, 2.45) is 0 Å². The quantitative estimate of drug-likeness (QED) is 0.831. The molecule has 0 radical (unpaired) electrons. The Bertz CT molecular complexity index is 503. The van der Waals surface area contributed by atoms with Gasteiger partial charge in [0.1, 0.15) is 5.76 Å². The molecule has 2 rings (SSSR count). The highest BCUT2D eigenvalue weighted by molar-refractivity contribution is 5.90. The van der Waals surface area contributed by atoms with Crippen molar-refractivity contribution in [2.75, 3.05) is 10.6 Å². The third kappa shape index (κ3) is 4.17. The number of amides is 1. The molecule has 2 N–H and O–H groups in total. The second kappa shape index (κ2) is 6.64. The van der Waals surface area contributed by atoms with Crippen molar-refractivity contribution >= 4 is 17.3 Å². The Labute approximate surface area is 112 Å². The van der Waals surface area contributed by atoms with Gasteiger partial charge in [-0.05, 0) is 42.8 Å². The third-order valence-electron chi connectivity index (χ3n) is 2.69. The predicted molar refractivity (Wildman–Crippen MR) is 76.0 cm³/mol. The molecule has 0 bridgehead atoms. The van der Waals surface area contributed by atoms with Gasteiger partial charge in [-0.25, -0.2) is 0 Å². The van der Waals surface area contributed by atoms with Gasteiger partial charge in [-0.3, -0.25) is 4.79 Å². The van der Waals surface area contributed by atoms with E-state index in [1.54, 1.807) is 6.26 Å². The number of rotatable bonds is 6. The fourth-order valence-corrected chi connectivity index (χ4v) is 1.72. The average Bonchev–Trinajstić information content (AvgIpc) is 2.91. The second-order valence-electron chi connectivity index (χ2n) is 4.31. The van der Waals surface area contributed by atoms with Gasteiger partial charge < -0.3 is 15.1 Å². The first-order chi connectivity index (χ1) is 9.28. The zero-order valence-corrected chi connectivity index (χ0v) is 11.0. The molecule has 0 atom stereocenters. The first-order valence-electron chi connectivity index (χ1n) is 6.44. The van der Waals surface area contributed by atoms with Gasteiger partial charge in [0.15, 0.2) is 0 Å². The number of benzene rings is 1. The first-order valence-corrected chi connectivity index (χ1v) is 6.44. The van der Waals surface area contributed by atoms with E-state index in [-0.39, 0.29) is 5.91 Å². The van der Waals surface area contributed by atoms with Gasteiger partial charge in [0.05, 0.1) is 12.8 Å². The smallest absolute Gasteiger partial charge is 0.224 e. The summed E-state index contributed by atoms with van der Waals surface area (Å²) in [7, 11) is 0. The lowest BCUT2D eigenvalue weighted by atomic mass is 10.2. The van der Waals surface area contributed by atoms with Crippen LogP contribution in [0.5, 0.6) is 0 Å². The van der Waals surface area contributed by atoms with Crippen LogP contribution in [-0.4, -0.2) is 5.91 Å². The fourth-order valence-electron chi connectivity index (χ4n) is 1.72. The maximum atomic E-state index is 11.4. The first kappa shape index (κ1) is 13.2. The molecule has 1 aromatic heterocycles. The van der Waals surface area contributed by atoms with Crippen molar-refractivity contribution < 1.29 is 9.21 Å². The van der Waals surface area contributed by atoms with E-state index in [0.29, 0.717) is 13.0 Å². The summed E-state index contributed by atoms with van der Waals surface area (Å²) in [6.45, 7) is 2.63. The summed E-state index contributed by atoms with van der Waals surface area (Å²) in [6.07, 6.45) is 3.07. The molecular formula is C15H18N2O2. The molecule has 0 aliphatic heterocycles. The van der Waals surface area contributed by atoms with Crippen LogP contribution in [-0.2, 0) is 11.3 Å². The molecular weight excluding hydrogens is 240 g/mol. The van der Waals surface area contributed by atoms with E-state index in [1.165, 1.54) is 0 Å². The zero-order valence-electron chi connectivity index (χ0n) is 11.0. The zero-order chi connectivity index (χ0) is 13.5. The molecule has 1 heterocycles. The topological polar surface area (TPSA) is 54.3 Å². The van der Waals surface area contributed by atoms with E-state index in [2.05, 4.69) is 10.6 Å². The highest BCUT2D eigenvalue weighted by atomic mass is 16.3. The van der Waals surface area contributed by atoms with Crippen LogP contribution in [0.3, 0.4) is 0 Å². The Morgan fingerprint density at radius 2 is 1.89 bits per heavy atom. The van der Waals surface area contributed by atoms with Gasteiger partial charge in [-0.2, -0.15) is 0 Å². The van der Waals surface area contributed by atoms with Gasteiger partial charge in [0, 0.05) is 17.8 Å². The number of nitrogens with one attached hydrogen (secondary N) is 2. The van der Waals surface area contributed by atoms with E-state index in [9.17, 15) is 4.79 Å². The molecule has 0 spiro atoms. The van der Waals surface area contributed by atoms with Crippen LogP contribution >= 0.6 is 0 Å². The van der Waals surface area contributed by atoms with Gasteiger partial charge in [-0.15, -0.1) is 0 Å². The Hall–Kier alpha value is -2.23. The van der Waals surface area contributed by atoms with Crippen LogP contribution in [0.25, 0.3) is 0 Å². The maximum Gasteiger partial charge on any atom is 0.224 e. The summed E-state index contributed by atoms with van der Waals surface area (Å²) in [5.74, 6) is 0.944. The third-order valence-corrected chi connectivity index (χ3v) is 2.69. The van der Waals surface area contributed by atoms with E-state index in [0.717, 1.165) is 23.6 Å². The van der Waals surface area contributed by atoms with Gasteiger partial charge >= 0.3 is 0 Å². The summed E-state index contributed by atoms with van der Waals surface area (Å²) < 4.78 is 5.24. The molecule has 1 amide bonds. The van der Waals surface area contributed by atoms with Crippen LogP contribution < -0.4 is 10.6 Å². The molecule has 19 heavy (non-hydrogen) atoms. The lowest BCUT2D eigenvalue weighted by Gasteiger charge is -2.07. The normalized spacial score (nSPS) is 10.2. The van der Waals surface area contributed by atoms with Crippen molar-refractivity contribution in [3.8, 4) is 0 Å². The van der Waals surface area contributed by atoms with Crippen molar-refractivity contribution in [3.63, 3.8) is 0 Å². The minimum absolute atomic E-state index is 0.0544. The molecule has 2 aromatic rings. The molecule has 0 aliphatic rings. The Morgan fingerprint density at radius 3 is 2.53 bits per heavy atom. The van der Waals surface area contributed by atoms with Crippen LogP contribution in [0.15, 0.2) is 47.1 Å². The van der Waals surface area contributed by atoms with Crippen molar-refractivity contribution in [1.82, 2.24) is 0 Å². The standard InChI is InChI=1S/C15H18N2O2/c1-2-4-15(18)17-13-8-6-12(7-9-13)16-11-14-5-3-10-19-14/h3,5-10,16H,2,4,11H2,1H3,(H,17,18). The van der Waals surface area contributed by atoms with Gasteiger partial charge in [0.2, 0.25) is 5.91 Å². The minimum Gasteiger partial charge on any atom is -0.467 e. The number of hydrogen-bond acceptors (Lipinski definition) is 3. The summed E-state index contributed by atoms with van der Waals surface area (Å²) in [5.41, 5.74) is 1.81. The molecule has 1 aromatic carbocycles. The summed E-state index contributed by atoms with van der Waals surface area (Å²) in [4.78, 5) is 11.4. The number of anilines is 2. The van der Waals surface area contributed by atoms with E-state index in [4.69, 9.17) is 4.42 Å². The molecule has 4 nitrogen and oxygen atoms in total. The molecule has 100 valence electrons. The van der Waals surface area contributed by atoms with Crippen LogP contribution in [0.1, 0.15) is 25.5 Å². The summed E-state index contributed by atoms with van der Waals surface area (Å²) in [5, 5.41) is 6.10. The van der Waals surface area contributed by atoms with Gasteiger partial charge in [-0.1, -0.05) is 6.92 Å². The predicted octanol–water partition coefficient (Wildman–Crippen LogP) is 3.63. The Kier molecular flexibility index (Phi) is 4.61. The molecule has 0 unspecified atom stereocenters. The second-order valence-corrected chi connectivity index (χ2v) is 4.31. The lowest BCUT2D eigenvalue weighted by Crippen LogP contribution is -2.10. The largest absolute Gasteiger partial charge is 0.467 e. The van der Waals surface area contributed by atoms with E-state index in [1.807, 2.05) is 43.3 Å². The van der Waals surface area contributed by atoms with Crippen LogP contribution in [0.2, 0.25) is 0 Å². The maximum absolute atomic E-state index is 11.4. The number of furan rings is 1. The number of carbonyl (C=O) groups excluding carboxylic acids is 1. The van der Waals surface area contributed by atoms with E-state index < -0.39 is 0 Å². The van der Waals surface area contributed by atoms with Crippen LogP contribution in [0.4, 0.5) is 11.4 Å². The molecule has 4 heteroatoms. The summed E-state index contributed by atoms with van der Waals surface area (Å²) in [6, 6.07) is 11.4. The lowest BCUT2D eigenvalue weighted by molar-refractivity contribution is -0.116. The van der Waals surface area contributed by atoms with Crippen LogP contribution in [0, 0.1) is 0 Å². The monoisotopic (exact) mass is 258 g/mol. The van der Waals surface area contributed by atoms with Crippen molar-refractivity contribution in [1.29, 1.82) is 0 Å². The van der Waals surface area contributed by atoms with E-state index >= 15 is 0 Å². The molecule has 0 saturated carbocycles. The Balaban J connectivity index is 1.85. The van der Waals surface area contributed by atoms with Crippen molar-refractivity contribution in [3.05, 3.63) is 48.4 Å². The Morgan fingerprint density at radius 1 is 1.16 bits per heavy atom. The SMILES string of the molecule is CCCC(=O)Nc1ccc(NCc2ccco2)cc1. The fraction of sp³-hybridized carbons (Fsp3) is 0.267. The summed E-state index contributed by atoms with van der Waals surface area (Å²) >= 11 is 0. The van der Waals surface area contributed by atoms with Crippen molar-refractivity contribution in [2.45, 2.75) is 26.3 Å². The number of carbonyl (C=O) groups is 1. The molecule has 0 aliphatic carbocycles. The highest BCUT2D eigenvalue weighted by Gasteiger charge is 2.01. The molecule has 0 saturated heterocycles.